The summed E-state index contributed by atoms with van der Waals surface area (Å²) >= 11 is 0. The number of nitrogens with one attached hydrogen (secondary N) is 1. The highest BCUT2D eigenvalue weighted by Crippen LogP contribution is 2.22. The molecule has 1 aliphatic heterocycles. The quantitative estimate of drug-likeness (QED) is 0.744. The summed E-state index contributed by atoms with van der Waals surface area (Å²) in [6.07, 6.45) is 0.296. The first kappa shape index (κ1) is 15.3. The minimum absolute atomic E-state index is 0.173. The van der Waals surface area contributed by atoms with Crippen molar-refractivity contribution in [2.24, 2.45) is 0 Å². The lowest BCUT2D eigenvalue weighted by Gasteiger charge is -2.13. The van der Waals surface area contributed by atoms with Gasteiger partial charge in [-0.25, -0.2) is 4.98 Å². The summed E-state index contributed by atoms with van der Waals surface area (Å²) in [6.45, 7) is 2.09. The number of benzene rings is 2. The number of hydrogen-bond donors (Lipinski definition) is 1. The molecular formula is C19H15N3O3. The minimum Gasteiger partial charge on any atom is -0.310 e. The third kappa shape index (κ3) is 2.52. The van der Waals surface area contributed by atoms with Crippen molar-refractivity contribution >= 4 is 22.7 Å². The number of carbonyl (C=O) groups is 2. The number of aryl methyl sites for hydroxylation is 1. The van der Waals surface area contributed by atoms with Gasteiger partial charge in [-0.1, -0.05) is 23.8 Å². The summed E-state index contributed by atoms with van der Waals surface area (Å²) in [5.41, 5.74) is 2.21. The van der Waals surface area contributed by atoms with Crippen molar-refractivity contribution in [2.45, 2.75) is 13.3 Å². The monoisotopic (exact) mass is 333 g/mol. The molecule has 3 aromatic rings. The fraction of sp³-hybridized carbons (Fsp3) is 0.158. The highest BCUT2D eigenvalue weighted by Gasteiger charge is 2.34. The number of nitrogens with zero attached hydrogens (tertiary/aromatic N) is 2. The van der Waals surface area contributed by atoms with E-state index in [1.54, 1.807) is 36.4 Å². The van der Waals surface area contributed by atoms with Crippen LogP contribution in [0.5, 0.6) is 0 Å². The summed E-state index contributed by atoms with van der Waals surface area (Å²) in [6, 6.07) is 12.2. The zero-order valence-electron chi connectivity index (χ0n) is 13.6. The van der Waals surface area contributed by atoms with Crippen LogP contribution in [0.2, 0.25) is 0 Å². The molecule has 0 aliphatic carbocycles. The molecule has 2 amide bonds. The van der Waals surface area contributed by atoms with Crippen LogP contribution >= 0.6 is 0 Å². The first-order valence-electron chi connectivity index (χ1n) is 7.99. The standard InChI is InChI=1S/C19H15N3O3/c1-11-6-7-15-14(10-11)17(23)21-16(20-15)8-9-22-18(24)12-4-2-3-5-13(12)19(22)25/h2-7,10H,8-9H2,1H3,(H,20,21,23). The van der Waals surface area contributed by atoms with Crippen LogP contribution in [0.25, 0.3) is 10.9 Å². The molecule has 25 heavy (non-hydrogen) atoms. The number of fused-ring (bicyclic) bond motifs is 2. The molecule has 6 nitrogen and oxygen atoms in total. The second-order valence-corrected chi connectivity index (χ2v) is 6.09. The molecule has 0 saturated carbocycles. The molecule has 1 aromatic heterocycles. The Morgan fingerprint density at radius 3 is 2.36 bits per heavy atom. The van der Waals surface area contributed by atoms with Crippen molar-refractivity contribution in [1.29, 1.82) is 0 Å². The highest BCUT2D eigenvalue weighted by molar-refractivity contribution is 6.21. The summed E-state index contributed by atoms with van der Waals surface area (Å²) in [7, 11) is 0. The molecule has 6 heteroatoms. The molecule has 0 saturated heterocycles. The maximum atomic E-state index is 12.4. The van der Waals surface area contributed by atoms with E-state index in [-0.39, 0.29) is 23.9 Å². The zero-order valence-corrected chi connectivity index (χ0v) is 13.6. The summed E-state index contributed by atoms with van der Waals surface area (Å²) in [4.78, 5) is 45.3. The maximum absolute atomic E-state index is 12.4. The van der Waals surface area contributed by atoms with Crippen LogP contribution in [0.1, 0.15) is 32.1 Å². The van der Waals surface area contributed by atoms with Crippen molar-refractivity contribution in [2.75, 3.05) is 6.54 Å². The molecule has 0 unspecified atom stereocenters. The molecule has 0 fully saturated rings. The molecule has 0 spiro atoms. The number of aromatic amines is 1. The SMILES string of the molecule is Cc1ccc2nc(CCN3C(=O)c4ccccc4C3=O)[nH]c(=O)c2c1. The maximum Gasteiger partial charge on any atom is 0.261 e. The van der Waals surface area contributed by atoms with Crippen LogP contribution in [-0.2, 0) is 6.42 Å². The van der Waals surface area contributed by atoms with Gasteiger partial charge in [0, 0.05) is 13.0 Å². The van der Waals surface area contributed by atoms with Crippen LogP contribution in [0, 0.1) is 6.92 Å². The van der Waals surface area contributed by atoms with E-state index in [9.17, 15) is 14.4 Å². The summed E-state index contributed by atoms with van der Waals surface area (Å²) < 4.78 is 0. The van der Waals surface area contributed by atoms with Gasteiger partial charge in [0.1, 0.15) is 5.82 Å². The summed E-state index contributed by atoms with van der Waals surface area (Å²) in [5, 5.41) is 0.532. The number of rotatable bonds is 3. The largest absolute Gasteiger partial charge is 0.310 e. The van der Waals surface area contributed by atoms with Crippen LogP contribution in [0.4, 0.5) is 0 Å². The lowest BCUT2D eigenvalue weighted by molar-refractivity contribution is 0.0655. The van der Waals surface area contributed by atoms with Gasteiger partial charge >= 0.3 is 0 Å². The topological polar surface area (TPSA) is 83.1 Å². The van der Waals surface area contributed by atoms with Crippen molar-refractivity contribution in [3.05, 3.63) is 75.3 Å². The Bertz CT molecular complexity index is 1050. The number of H-pyrrole nitrogens is 1. The van der Waals surface area contributed by atoms with Crippen LogP contribution in [0.3, 0.4) is 0 Å². The second-order valence-electron chi connectivity index (χ2n) is 6.09. The first-order chi connectivity index (χ1) is 12.0. The van der Waals surface area contributed by atoms with E-state index >= 15 is 0 Å². The first-order valence-corrected chi connectivity index (χ1v) is 7.99. The van der Waals surface area contributed by atoms with E-state index in [4.69, 9.17) is 0 Å². The van der Waals surface area contributed by atoms with E-state index in [0.717, 1.165) is 5.56 Å². The van der Waals surface area contributed by atoms with Gasteiger partial charge in [0.2, 0.25) is 0 Å². The van der Waals surface area contributed by atoms with Gasteiger partial charge in [0.15, 0.2) is 0 Å². The van der Waals surface area contributed by atoms with Crippen LogP contribution < -0.4 is 5.56 Å². The molecule has 4 rings (SSSR count). The van der Waals surface area contributed by atoms with E-state index in [1.165, 1.54) is 4.90 Å². The fourth-order valence-electron chi connectivity index (χ4n) is 3.08. The number of imide groups is 1. The van der Waals surface area contributed by atoms with Gasteiger partial charge in [0.05, 0.1) is 22.0 Å². The molecule has 2 aromatic carbocycles. The molecule has 0 atom stereocenters. The second kappa shape index (κ2) is 5.66. The molecule has 2 heterocycles. The third-order valence-electron chi connectivity index (χ3n) is 4.36. The zero-order chi connectivity index (χ0) is 17.6. The average molecular weight is 333 g/mol. The number of hydrogen-bond acceptors (Lipinski definition) is 4. The molecule has 0 radical (unpaired) electrons. The Labute approximate surface area is 143 Å². The fourth-order valence-corrected chi connectivity index (χ4v) is 3.08. The molecule has 124 valence electrons. The van der Waals surface area contributed by atoms with Gasteiger partial charge in [-0.05, 0) is 31.2 Å². The molecule has 0 bridgehead atoms. The Hall–Kier alpha value is -3.28. The number of aromatic nitrogens is 2. The lowest BCUT2D eigenvalue weighted by atomic mass is 10.1. The number of amides is 2. The van der Waals surface area contributed by atoms with Crippen molar-refractivity contribution in [1.82, 2.24) is 14.9 Å². The van der Waals surface area contributed by atoms with Gasteiger partial charge < -0.3 is 4.98 Å². The Kier molecular flexibility index (Phi) is 3.46. The normalized spacial score (nSPS) is 13.6. The van der Waals surface area contributed by atoms with Gasteiger partial charge in [-0.15, -0.1) is 0 Å². The van der Waals surface area contributed by atoms with Gasteiger partial charge in [-0.3, -0.25) is 19.3 Å². The average Bonchev–Trinajstić information content (AvgIpc) is 2.85. The number of carbonyl (C=O) groups excluding carboxylic acids is 2. The highest BCUT2D eigenvalue weighted by atomic mass is 16.2. The van der Waals surface area contributed by atoms with Gasteiger partial charge in [-0.2, -0.15) is 0 Å². The Morgan fingerprint density at radius 2 is 1.68 bits per heavy atom. The van der Waals surface area contributed by atoms with Crippen molar-refractivity contribution in [3.63, 3.8) is 0 Å². The van der Waals surface area contributed by atoms with Crippen molar-refractivity contribution in [3.8, 4) is 0 Å². The van der Waals surface area contributed by atoms with E-state index in [1.807, 2.05) is 13.0 Å². The Morgan fingerprint density at radius 1 is 1.00 bits per heavy atom. The predicted molar refractivity (Wildman–Crippen MR) is 92.6 cm³/mol. The van der Waals surface area contributed by atoms with E-state index in [2.05, 4.69) is 9.97 Å². The molecular weight excluding hydrogens is 318 g/mol. The minimum atomic E-state index is -0.306. The van der Waals surface area contributed by atoms with Gasteiger partial charge in [0.25, 0.3) is 17.4 Å². The van der Waals surface area contributed by atoms with Crippen LogP contribution in [0.15, 0.2) is 47.3 Å². The molecule has 1 N–H and O–H groups in total. The third-order valence-corrected chi connectivity index (χ3v) is 4.36. The van der Waals surface area contributed by atoms with E-state index in [0.29, 0.717) is 34.3 Å². The van der Waals surface area contributed by atoms with E-state index < -0.39 is 0 Å². The predicted octanol–water partition coefficient (Wildman–Crippen LogP) is 2.07. The smallest absolute Gasteiger partial charge is 0.261 e. The van der Waals surface area contributed by atoms with Crippen molar-refractivity contribution < 1.29 is 9.59 Å². The lowest BCUT2D eigenvalue weighted by Crippen LogP contribution is -2.32. The Balaban J connectivity index is 1.59. The molecule has 1 aliphatic rings. The summed E-state index contributed by atoms with van der Waals surface area (Å²) in [5.74, 6) is -0.156. The van der Waals surface area contributed by atoms with Crippen LogP contribution in [-0.4, -0.2) is 33.2 Å².